The van der Waals surface area contributed by atoms with E-state index in [1.165, 1.54) is 11.1 Å². The van der Waals surface area contributed by atoms with Gasteiger partial charge in [0.05, 0.1) is 0 Å². The van der Waals surface area contributed by atoms with Crippen molar-refractivity contribution in [3.63, 3.8) is 0 Å². The van der Waals surface area contributed by atoms with Crippen LogP contribution >= 0.6 is 0 Å². The topological polar surface area (TPSA) is 0 Å². The van der Waals surface area contributed by atoms with Crippen LogP contribution in [0.15, 0.2) is 24.3 Å². The van der Waals surface area contributed by atoms with Gasteiger partial charge in [-0.25, -0.2) is 6.08 Å². The van der Waals surface area contributed by atoms with Gasteiger partial charge < -0.3 is 0 Å². The molecule has 0 amide bonds. The number of benzene rings is 1. The minimum Gasteiger partial charge on any atom is -0.269 e. The van der Waals surface area contributed by atoms with Crippen LogP contribution in [-0.2, 0) is 0 Å². The third-order valence-corrected chi connectivity index (χ3v) is 1.95. The van der Waals surface area contributed by atoms with Crippen molar-refractivity contribution in [2.24, 2.45) is 0 Å². The molecule has 1 aromatic rings. The number of hydrogen-bond acceptors (Lipinski definition) is 0. The summed E-state index contributed by atoms with van der Waals surface area (Å²) < 4.78 is 0. The molecule has 1 aromatic carbocycles. The predicted molar refractivity (Wildman–Crippen MR) is 42.6 cm³/mol. The van der Waals surface area contributed by atoms with Gasteiger partial charge in [-0.05, 0) is 0 Å². The third kappa shape index (κ3) is 1.85. The van der Waals surface area contributed by atoms with E-state index in [2.05, 4.69) is 43.3 Å². The van der Waals surface area contributed by atoms with Crippen LogP contribution in [0.25, 0.3) is 6.08 Å². The number of hydrogen-bond donors (Lipinski definition) is 0. The van der Waals surface area contributed by atoms with Crippen molar-refractivity contribution in [1.29, 1.82) is 0 Å². The zero-order valence-corrected chi connectivity index (χ0v) is 10.1. The Morgan fingerprint density at radius 1 is 1.27 bits per heavy atom. The second-order valence-corrected chi connectivity index (χ2v) is 2.66. The van der Waals surface area contributed by atoms with Crippen molar-refractivity contribution in [1.82, 2.24) is 0 Å². The van der Waals surface area contributed by atoms with E-state index in [0.717, 1.165) is 0 Å². The second kappa shape index (κ2) is 4.01. The number of allylic oxidation sites excluding steroid dienone is 1. The molecular formula is C10H9K. The average Bonchev–Trinajstić information content (AvgIpc) is 2.34. The fraction of sp³-hybridized carbons (Fsp3) is 0.200. The Hall–Kier alpha value is 0.596. The molecule has 0 heterocycles. The van der Waals surface area contributed by atoms with Crippen LogP contribution in [0.1, 0.15) is 24.0 Å². The van der Waals surface area contributed by atoms with Crippen LogP contribution < -0.4 is 51.4 Å². The fourth-order valence-electron chi connectivity index (χ4n) is 1.34. The quantitative estimate of drug-likeness (QED) is 0.366. The van der Waals surface area contributed by atoms with Crippen molar-refractivity contribution in [2.75, 3.05) is 0 Å². The van der Waals surface area contributed by atoms with Gasteiger partial charge >= 0.3 is 51.4 Å². The Labute approximate surface area is 110 Å². The van der Waals surface area contributed by atoms with Crippen molar-refractivity contribution in [3.05, 3.63) is 41.5 Å². The van der Waals surface area contributed by atoms with Gasteiger partial charge in [0, 0.05) is 0 Å². The second-order valence-electron chi connectivity index (χ2n) is 2.66. The Balaban J connectivity index is 0.000000605. The van der Waals surface area contributed by atoms with Crippen LogP contribution in [0, 0.1) is 6.08 Å². The van der Waals surface area contributed by atoms with Crippen molar-refractivity contribution in [3.8, 4) is 0 Å². The smallest absolute Gasteiger partial charge is 0.269 e. The largest absolute Gasteiger partial charge is 1.00 e. The minimum absolute atomic E-state index is 0. The molecule has 1 aliphatic rings. The van der Waals surface area contributed by atoms with Crippen molar-refractivity contribution >= 4 is 6.08 Å². The molecule has 0 aliphatic heterocycles. The molecule has 1 heteroatoms. The normalized spacial score (nSPS) is 19.2. The monoisotopic (exact) mass is 168 g/mol. The van der Waals surface area contributed by atoms with Crippen LogP contribution in [0.3, 0.4) is 0 Å². The first-order valence-corrected chi connectivity index (χ1v) is 3.56. The van der Waals surface area contributed by atoms with E-state index in [-0.39, 0.29) is 51.4 Å². The molecule has 50 valence electrons. The standard InChI is InChI=1S/C10H9.K/c1-8-6-7-9-4-2-3-5-10(8)9;/h2-5,7-8H,1H3;/q-1;+1. The third-order valence-electron chi connectivity index (χ3n) is 1.95. The van der Waals surface area contributed by atoms with Gasteiger partial charge in [0.25, 0.3) is 0 Å². The van der Waals surface area contributed by atoms with Crippen LogP contribution in [0.5, 0.6) is 0 Å². The SMILES string of the molecule is CC1[C-]=Cc2ccccc21.[K+]. The van der Waals surface area contributed by atoms with Crippen LogP contribution in [0.2, 0.25) is 0 Å². The summed E-state index contributed by atoms with van der Waals surface area (Å²) in [4.78, 5) is 0. The average molecular weight is 168 g/mol. The molecule has 0 nitrogen and oxygen atoms in total. The van der Waals surface area contributed by atoms with Crippen molar-refractivity contribution < 1.29 is 51.4 Å². The molecule has 1 atom stereocenters. The molecule has 0 bridgehead atoms. The number of rotatable bonds is 0. The summed E-state index contributed by atoms with van der Waals surface area (Å²) in [7, 11) is 0. The summed E-state index contributed by atoms with van der Waals surface area (Å²) >= 11 is 0. The van der Waals surface area contributed by atoms with Gasteiger partial charge in [-0.3, -0.25) is 6.08 Å². The summed E-state index contributed by atoms with van der Waals surface area (Å²) in [6.07, 6.45) is 5.33. The molecule has 0 saturated carbocycles. The Bertz CT molecular complexity index is 276. The molecular weight excluding hydrogens is 159 g/mol. The summed E-state index contributed by atoms with van der Waals surface area (Å²) in [5.74, 6) is 0.496. The molecule has 0 fully saturated rings. The Morgan fingerprint density at radius 3 is 2.73 bits per heavy atom. The molecule has 0 spiro atoms. The zero-order chi connectivity index (χ0) is 6.97. The summed E-state index contributed by atoms with van der Waals surface area (Å²) in [6.45, 7) is 2.17. The first-order chi connectivity index (χ1) is 4.88. The maximum atomic E-state index is 3.26. The molecule has 0 saturated heterocycles. The minimum atomic E-state index is 0. The van der Waals surface area contributed by atoms with E-state index in [9.17, 15) is 0 Å². The Kier molecular flexibility index (Phi) is 3.53. The zero-order valence-electron chi connectivity index (χ0n) is 6.96. The van der Waals surface area contributed by atoms with Gasteiger partial charge in [-0.15, -0.1) is 11.6 Å². The first kappa shape index (κ1) is 9.68. The van der Waals surface area contributed by atoms with Gasteiger partial charge in [0.2, 0.25) is 0 Å². The molecule has 0 radical (unpaired) electrons. The Morgan fingerprint density at radius 2 is 2.00 bits per heavy atom. The van der Waals surface area contributed by atoms with Crippen LogP contribution in [0.4, 0.5) is 0 Å². The summed E-state index contributed by atoms with van der Waals surface area (Å²) in [5, 5.41) is 0. The summed E-state index contributed by atoms with van der Waals surface area (Å²) in [6, 6.07) is 8.44. The first-order valence-electron chi connectivity index (χ1n) is 3.56. The molecule has 1 unspecified atom stereocenters. The molecule has 11 heavy (non-hydrogen) atoms. The van der Waals surface area contributed by atoms with Gasteiger partial charge in [-0.2, -0.15) is 5.56 Å². The predicted octanol–water partition coefficient (Wildman–Crippen LogP) is -0.376. The van der Waals surface area contributed by atoms with Crippen LogP contribution in [-0.4, -0.2) is 0 Å². The van der Waals surface area contributed by atoms with E-state index in [4.69, 9.17) is 0 Å². The van der Waals surface area contributed by atoms with Crippen molar-refractivity contribution in [2.45, 2.75) is 12.8 Å². The number of fused-ring (bicyclic) bond motifs is 1. The molecule has 0 N–H and O–H groups in total. The summed E-state index contributed by atoms with van der Waals surface area (Å²) in [5.41, 5.74) is 2.73. The van der Waals surface area contributed by atoms with E-state index in [0.29, 0.717) is 5.92 Å². The van der Waals surface area contributed by atoms with Gasteiger partial charge in [0.1, 0.15) is 0 Å². The van der Waals surface area contributed by atoms with Gasteiger partial charge in [0.15, 0.2) is 0 Å². The van der Waals surface area contributed by atoms with E-state index < -0.39 is 0 Å². The van der Waals surface area contributed by atoms with E-state index in [1.54, 1.807) is 0 Å². The molecule has 1 aliphatic carbocycles. The van der Waals surface area contributed by atoms with E-state index >= 15 is 0 Å². The maximum Gasteiger partial charge on any atom is 1.00 e. The van der Waals surface area contributed by atoms with Gasteiger partial charge in [-0.1, -0.05) is 31.0 Å². The molecule has 2 rings (SSSR count). The molecule has 0 aromatic heterocycles. The van der Waals surface area contributed by atoms with E-state index in [1.807, 2.05) is 0 Å². The fourth-order valence-corrected chi connectivity index (χ4v) is 1.34. The maximum absolute atomic E-state index is 3.26.